The Bertz CT molecular complexity index is 667. The molecule has 1 aliphatic rings. The fourth-order valence-corrected chi connectivity index (χ4v) is 2.24. The number of Topliss-reactive ketones (excluding diaryl/α,β-unsaturated/α-hetero) is 1. The highest BCUT2D eigenvalue weighted by Crippen LogP contribution is 2.24. The summed E-state index contributed by atoms with van der Waals surface area (Å²) in [5.41, 5.74) is -0.0390. The predicted octanol–water partition coefficient (Wildman–Crippen LogP) is 1.52. The van der Waals surface area contributed by atoms with Crippen LogP contribution in [-0.2, 0) is 9.59 Å². The van der Waals surface area contributed by atoms with Gasteiger partial charge in [-0.25, -0.2) is 4.98 Å². The number of amides is 1. The number of aliphatic imine (C=N–C) groups is 1. The molecule has 2 rings (SSSR count). The first-order valence-electron chi connectivity index (χ1n) is 6.72. The van der Waals surface area contributed by atoms with Crippen molar-refractivity contribution < 1.29 is 19.4 Å². The topological polar surface area (TPSA) is 101 Å². The number of nitrogens with one attached hydrogen (secondary N) is 1. The number of nitrogens with zero attached hydrogens (tertiary/aromatic N) is 2. The fraction of sp³-hybridized carbons (Fsp3) is 0.333. The van der Waals surface area contributed by atoms with Crippen LogP contribution in [0.5, 0.6) is 5.75 Å². The summed E-state index contributed by atoms with van der Waals surface area (Å²) in [6, 6.07) is 2.78. The van der Waals surface area contributed by atoms with Crippen LogP contribution in [0.1, 0.15) is 13.8 Å². The Morgan fingerprint density at radius 3 is 2.77 bits per heavy atom. The molecule has 22 heavy (non-hydrogen) atoms. The number of ketones is 1. The van der Waals surface area contributed by atoms with Gasteiger partial charge in [0.05, 0.1) is 24.6 Å². The molecule has 0 spiro atoms. The zero-order valence-electron chi connectivity index (χ0n) is 12.5. The number of hydrogen-bond donors (Lipinski definition) is 2. The minimum Gasteiger partial charge on any atom is -0.511 e. The maximum Gasteiger partial charge on any atom is 0.261 e. The molecule has 116 valence electrons. The van der Waals surface area contributed by atoms with Crippen molar-refractivity contribution in [1.82, 2.24) is 4.98 Å². The van der Waals surface area contributed by atoms with Crippen molar-refractivity contribution in [2.75, 3.05) is 12.4 Å². The van der Waals surface area contributed by atoms with Crippen molar-refractivity contribution in [3.05, 3.63) is 29.7 Å². The van der Waals surface area contributed by atoms with E-state index in [2.05, 4.69) is 15.3 Å². The van der Waals surface area contributed by atoms with Gasteiger partial charge in [-0.1, -0.05) is 0 Å². The maximum absolute atomic E-state index is 12.2. The second kappa shape index (κ2) is 6.38. The summed E-state index contributed by atoms with van der Waals surface area (Å²) in [6.07, 6.45) is 2.76. The summed E-state index contributed by atoms with van der Waals surface area (Å²) in [5.74, 6) is -1.08. The molecule has 2 N–H and O–H groups in total. The number of pyridine rings is 1. The number of dihydropyridines is 1. The van der Waals surface area contributed by atoms with Crippen molar-refractivity contribution in [2.24, 2.45) is 10.9 Å². The standard InChI is InChI=1S/C15H17N3O4/c1-8-13(9(2)19)14(20)11(7-17-8)15(21)18-12-6-10(22-3)4-5-16-12/h4-8,13,20H,1-3H3,(H,16,18,21). The molecule has 2 heterocycles. The SMILES string of the molecule is COc1ccnc(NC(=O)C2=C(O)C(C(C)=O)C(C)N=C2)c1. The zero-order chi connectivity index (χ0) is 16.3. The molecule has 1 aromatic heterocycles. The molecule has 0 bridgehead atoms. The number of aliphatic hydroxyl groups excluding tert-OH is 1. The summed E-state index contributed by atoms with van der Waals surface area (Å²) in [5, 5.41) is 12.7. The van der Waals surface area contributed by atoms with Crippen LogP contribution in [0.25, 0.3) is 0 Å². The van der Waals surface area contributed by atoms with Crippen molar-refractivity contribution in [3.8, 4) is 5.75 Å². The number of ether oxygens (including phenoxy) is 1. The van der Waals surface area contributed by atoms with Crippen molar-refractivity contribution in [1.29, 1.82) is 0 Å². The summed E-state index contributed by atoms with van der Waals surface area (Å²) in [4.78, 5) is 31.9. The number of carbonyl (C=O) groups excluding carboxylic acids is 2. The van der Waals surface area contributed by atoms with E-state index in [1.165, 1.54) is 26.4 Å². The maximum atomic E-state index is 12.2. The van der Waals surface area contributed by atoms with Gasteiger partial charge in [0.1, 0.15) is 23.1 Å². The lowest BCUT2D eigenvalue weighted by Gasteiger charge is -2.23. The van der Waals surface area contributed by atoms with Crippen LogP contribution < -0.4 is 10.1 Å². The number of carbonyl (C=O) groups is 2. The normalized spacial score (nSPS) is 20.7. The Morgan fingerprint density at radius 1 is 1.41 bits per heavy atom. The lowest BCUT2D eigenvalue weighted by Crippen LogP contribution is -2.32. The van der Waals surface area contributed by atoms with E-state index in [9.17, 15) is 14.7 Å². The number of aliphatic hydroxyl groups is 1. The Kier molecular flexibility index (Phi) is 4.55. The van der Waals surface area contributed by atoms with E-state index in [0.717, 1.165) is 0 Å². The number of rotatable bonds is 4. The first-order chi connectivity index (χ1) is 10.4. The van der Waals surface area contributed by atoms with Crippen molar-refractivity contribution in [2.45, 2.75) is 19.9 Å². The van der Waals surface area contributed by atoms with Crippen molar-refractivity contribution >= 4 is 23.7 Å². The third-order valence-corrected chi connectivity index (χ3v) is 3.38. The average Bonchev–Trinajstić information content (AvgIpc) is 2.47. The van der Waals surface area contributed by atoms with Gasteiger partial charge in [-0.3, -0.25) is 14.6 Å². The van der Waals surface area contributed by atoms with Gasteiger partial charge in [-0.05, 0) is 19.9 Å². The van der Waals surface area contributed by atoms with E-state index in [1.807, 2.05) is 0 Å². The smallest absolute Gasteiger partial charge is 0.261 e. The third-order valence-electron chi connectivity index (χ3n) is 3.38. The largest absolute Gasteiger partial charge is 0.511 e. The van der Waals surface area contributed by atoms with Gasteiger partial charge in [0, 0.05) is 18.5 Å². The molecule has 0 aliphatic carbocycles. The van der Waals surface area contributed by atoms with Gasteiger partial charge in [-0.15, -0.1) is 0 Å². The quantitative estimate of drug-likeness (QED) is 0.878. The molecular formula is C15H17N3O4. The first-order valence-corrected chi connectivity index (χ1v) is 6.72. The minimum atomic E-state index is -0.802. The summed E-state index contributed by atoms with van der Waals surface area (Å²) >= 11 is 0. The Balaban J connectivity index is 2.24. The van der Waals surface area contributed by atoms with E-state index < -0.39 is 17.9 Å². The van der Waals surface area contributed by atoms with Gasteiger partial charge in [0.25, 0.3) is 5.91 Å². The highest BCUT2D eigenvalue weighted by molar-refractivity contribution is 6.18. The molecule has 1 aliphatic heterocycles. The van der Waals surface area contributed by atoms with E-state index >= 15 is 0 Å². The molecule has 0 saturated heterocycles. The lowest BCUT2D eigenvalue weighted by atomic mass is 9.90. The fourth-order valence-electron chi connectivity index (χ4n) is 2.24. The van der Waals surface area contributed by atoms with Gasteiger partial charge in [0.15, 0.2) is 0 Å². The number of aromatic nitrogens is 1. The lowest BCUT2D eigenvalue weighted by molar-refractivity contribution is -0.120. The Labute approximate surface area is 127 Å². The van der Waals surface area contributed by atoms with Gasteiger partial charge in [0.2, 0.25) is 0 Å². The van der Waals surface area contributed by atoms with E-state index in [4.69, 9.17) is 4.74 Å². The van der Waals surface area contributed by atoms with Crippen LogP contribution in [-0.4, -0.2) is 41.1 Å². The van der Waals surface area contributed by atoms with Crippen LogP contribution in [0.4, 0.5) is 5.82 Å². The summed E-state index contributed by atoms with van der Waals surface area (Å²) in [7, 11) is 1.50. The second-order valence-electron chi connectivity index (χ2n) is 4.94. The first kappa shape index (κ1) is 15.7. The minimum absolute atomic E-state index is 0.0390. The molecule has 0 aromatic carbocycles. The van der Waals surface area contributed by atoms with Crippen LogP contribution in [0.2, 0.25) is 0 Å². The summed E-state index contributed by atoms with van der Waals surface area (Å²) < 4.78 is 5.04. The molecule has 7 nitrogen and oxygen atoms in total. The molecule has 7 heteroatoms. The predicted molar refractivity (Wildman–Crippen MR) is 81.2 cm³/mol. The number of hydrogen-bond acceptors (Lipinski definition) is 6. The molecule has 2 unspecified atom stereocenters. The Hall–Kier alpha value is -2.70. The Morgan fingerprint density at radius 2 is 2.14 bits per heavy atom. The number of methoxy groups -OCH3 is 1. The average molecular weight is 303 g/mol. The second-order valence-corrected chi connectivity index (χ2v) is 4.94. The molecule has 1 aromatic rings. The molecule has 0 fully saturated rings. The molecular weight excluding hydrogens is 286 g/mol. The van der Waals surface area contributed by atoms with Crippen LogP contribution >= 0.6 is 0 Å². The highest BCUT2D eigenvalue weighted by atomic mass is 16.5. The molecule has 0 saturated carbocycles. The van der Waals surface area contributed by atoms with Crippen LogP contribution in [0.3, 0.4) is 0 Å². The number of anilines is 1. The van der Waals surface area contributed by atoms with Gasteiger partial charge >= 0.3 is 0 Å². The molecule has 2 atom stereocenters. The van der Waals surface area contributed by atoms with Gasteiger partial charge in [-0.2, -0.15) is 0 Å². The van der Waals surface area contributed by atoms with E-state index in [0.29, 0.717) is 5.75 Å². The third kappa shape index (κ3) is 3.13. The van der Waals surface area contributed by atoms with Crippen molar-refractivity contribution in [3.63, 3.8) is 0 Å². The highest BCUT2D eigenvalue weighted by Gasteiger charge is 2.32. The van der Waals surface area contributed by atoms with Crippen LogP contribution in [0.15, 0.2) is 34.7 Å². The van der Waals surface area contributed by atoms with E-state index in [1.54, 1.807) is 19.1 Å². The zero-order valence-corrected chi connectivity index (χ0v) is 12.5. The summed E-state index contributed by atoms with van der Waals surface area (Å²) in [6.45, 7) is 3.06. The monoisotopic (exact) mass is 303 g/mol. The van der Waals surface area contributed by atoms with Crippen LogP contribution in [0, 0.1) is 5.92 Å². The molecule has 0 radical (unpaired) electrons. The van der Waals surface area contributed by atoms with E-state index in [-0.39, 0.29) is 22.9 Å². The van der Waals surface area contributed by atoms with Gasteiger partial charge < -0.3 is 15.2 Å². The molecule has 1 amide bonds.